The highest BCUT2D eigenvalue weighted by molar-refractivity contribution is 5.45. The van der Waals surface area contributed by atoms with E-state index in [1.165, 1.54) is 16.7 Å². The number of hydrogen-bond donors (Lipinski definition) is 1. The number of hydrogen-bond acceptors (Lipinski definition) is 3. The second kappa shape index (κ2) is 7.58. The Morgan fingerprint density at radius 1 is 1.11 bits per heavy atom. The Bertz CT molecular complexity index is 854. The van der Waals surface area contributed by atoms with Crippen molar-refractivity contribution in [2.75, 3.05) is 26.2 Å². The summed E-state index contributed by atoms with van der Waals surface area (Å²) >= 11 is 0. The van der Waals surface area contributed by atoms with Crippen molar-refractivity contribution < 1.29 is 14.2 Å². The lowest BCUT2D eigenvalue weighted by atomic mass is 9.87. The molecule has 2 heterocycles. The van der Waals surface area contributed by atoms with E-state index in [1.807, 2.05) is 6.07 Å². The summed E-state index contributed by atoms with van der Waals surface area (Å²) in [6.45, 7) is 3.20. The van der Waals surface area contributed by atoms with Crippen LogP contribution in [0.5, 0.6) is 0 Å². The molecule has 2 aliphatic heterocycles. The molecular formula is C24H28FNO2. The maximum Gasteiger partial charge on any atom is 0.123 e. The number of aliphatic hydroxyl groups excluding tert-OH is 1. The highest BCUT2D eigenvalue weighted by atomic mass is 19.1. The molecule has 2 aromatic carbocycles. The number of piperidine rings is 1. The lowest BCUT2D eigenvalue weighted by Crippen LogP contribution is -2.41. The van der Waals surface area contributed by atoms with Gasteiger partial charge in [0, 0.05) is 25.6 Å². The van der Waals surface area contributed by atoms with Crippen LogP contribution in [0.3, 0.4) is 0 Å². The van der Waals surface area contributed by atoms with Crippen LogP contribution in [0, 0.1) is 11.7 Å². The van der Waals surface area contributed by atoms with Gasteiger partial charge >= 0.3 is 0 Å². The van der Waals surface area contributed by atoms with Crippen LogP contribution in [-0.4, -0.2) is 42.4 Å². The topological polar surface area (TPSA) is 32.7 Å². The smallest absolute Gasteiger partial charge is 0.123 e. The minimum absolute atomic E-state index is 0.0715. The van der Waals surface area contributed by atoms with Gasteiger partial charge in [0.1, 0.15) is 5.82 Å². The van der Waals surface area contributed by atoms with Gasteiger partial charge in [-0.25, -0.2) is 4.39 Å². The molecule has 0 radical (unpaired) electrons. The number of halogens is 1. The summed E-state index contributed by atoms with van der Waals surface area (Å²) in [6, 6.07) is 13.8. The van der Waals surface area contributed by atoms with Crippen LogP contribution in [-0.2, 0) is 11.2 Å². The fourth-order valence-electron chi connectivity index (χ4n) is 5.47. The molecule has 148 valence electrons. The zero-order valence-corrected chi connectivity index (χ0v) is 16.2. The predicted octanol–water partition coefficient (Wildman–Crippen LogP) is 4.05. The lowest BCUT2D eigenvalue weighted by molar-refractivity contribution is 0.00750. The largest absolute Gasteiger partial charge is 0.396 e. The molecule has 5 rings (SSSR count). The number of benzene rings is 2. The summed E-state index contributed by atoms with van der Waals surface area (Å²) in [5.41, 5.74) is 4.90. The molecule has 28 heavy (non-hydrogen) atoms. The highest BCUT2D eigenvalue weighted by Crippen LogP contribution is 2.49. The van der Waals surface area contributed by atoms with E-state index in [0.717, 1.165) is 50.9 Å². The molecule has 1 unspecified atom stereocenters. The van der Waals surface area contributed by atoms with Crippen LogP contribution in [0.25, 0.3) is 0 Å². The first-order valence-corrected chi connectivity index (χ1v) is 10.6. The highest BCUT2D eigenvalue weighted by Gasteiger charge is 2.41. The summed E-state index contributed by atoms with van der Waals surface area (Å²) < 4.78 is 20.7. The van der Waals surface area contributed by atoms with E-state index in [4.69, 9.17) is 4.74 Å². The number of aliphatic hydroxyl groups is 1. The first-order valence-electron chi connectivity index (χ1n) is 10.6. The van der Waals surface area contributed by atoms with Gasteiger partial charge < -0.3 is 14.7 Å². The Balaban J connectivity index is 1.43. The van der Waals surface area contributed by atoms with Gasteiger partial charge in [-0.2, -0.15) is 0 Å². The van der Waals surface area contributed by atoms with Crippen LogP contribution < -0.4 is 0 Å². The molecule has 2 fully saturated rings. The molecule has 0 saturated carbocycles. The Morgan fingerprint density at radius 3 is 2.86 bits per heavy atom. The van der Waals surface area contributed by atoms with E-state index in [9.17, 15) is 9.50 Å². The molecule has 0 amide bonds. The van der Waals surface area contributed by atoms with E-state index < -0.39 is 0 Å². The Kier molecular flexibility index (Phi) is 4.95. The molecule has 3 nitrogen and oxygen atoms in total. The van der Waals surface area contributed by atoms with E-state index in [-0.39, 0.29) is 30.5 Å². The molecule has 1 aliphatic carbocycles. The van der Waals surface area contributed by atoms with Crippen LogP contribution >= 0.6 is 0 Å². The summed E-state index contributed by atoms with van der Waals surface area (Å²) in [5.74, 6) is 0.483. The second-order valence-electron chi connectivity index (χ2n) is 8.69. The van der Waals surface area contributed by atoms with Crippen molar-refractivity contribution in [2.24, 2.45) is 5.92 Å². The summed E-state index contributed by atoms with van der Waals surface area (Å²) in [5, 5.41) is 9.52. The van der Waals surface area contributed by atoms with Crippen molar-refractivity contribution in [1.29, 1.82) is 0 Å². The molecule has 0 spiro atoms. The van der Waals surface area contributed by atoms with E-state index >= 15 is 0 Å². The number of rotatable bonds is 3. The average molecular weight is 381 g/mol. The van der Waals surface area contributed by atoms with Crippen molar-refractivity contribution >= 4 is 0 Å². The summed E-state index contributed by atoms with van der Waals surface area (Å²) in [4.78, 5) is 2.44. The Morgan fingerprint density at radius 2 is 1.96 bits per heavy atom. The average Bonchev–Trinajstić information content (AvgIpc) is 3.08. The van der Waals surface area contributed by atoms with Gasteiger partial charge in [-0.15, -0.1) is 0 Å². The van der Waals surface area contributed by atoms with Gasteiger partial charge in [-0.1, -0.05) is 30.3 Å². The maximum absolute atomic E-state index is 14.1. The van der Waals surface area contributed by atoms with Gasteiger partial charge in [-0.05, 0) is 72.5 Å². The van der Waals surface area contributed by atoms with Crippen molar-refractivity contribution in [2.45, 2.75) is 43.8 Å². The van der Waals surface area contributed by atoms with Crippen molar-refractivity contribution in [1.82, 2.24) is 4.90 Å². The maximum atomic E-state index is 14.1. The summed E-state index contributed by atoms with van der Waals surface area (Å²) in [6.07, 6.45) is 4.15. The quantitative estimate of drug-likeness (QED) is 0.871. The molecule has 4 heteroatoms. The minimum Gasteiger partial charge on any atom is -0.396 e. The van der Waals surface area contributed by atoms with Gasteiger partial charge in [0.25, 0.3) is 0 Å². The normalized spacial score (nSPS) is 29.6. The van der Waals surface area contributed by atoms with Crippen molar-refractivity contribution in [3.8, 4) is 0 Å². The molecule has 4 atom stereocenters. The standard InChI is InChI=1S/C24H28FNO2/c25-19-8-7-18-10-17-5-1-2-6-21(17)23-12-20(28-24(23)22(18)11-19)14-26-9-3-4-16(13-26)15-27/h1-2,5-8,11,16,20,23-24,27H,3-4,9-10,12-15H2/t16?,20-,23-,24+/m1/s1. The zero-order chi connectivity index (χ0) is 19.1. The monoisotopic (exact) mass is 381 g/mol. The van der Waals surface area contributed by atoms with E-state index in [1.54, 1.807) is 12.1 Å². The SMILES string of the molecule is OCC1CCCN(C[C@H]2C[C@@H]3c4ccccc4Cc4ccc(F)cc4[C@@H]3O2)C1. The van der Waals surface area contributed by atoms with Crippen LogP contribution in [0.15, 0.2) is 42.5 Å². The molecule has 0 bridgehead atoms. The Labute approximate surface area is 166 Å². The third-order valence-electron chi connectivity index (χ3n) is 6.79. The number of ether oxygens (including phenoxy) is 1. The minimum atomic E-state index is -0.183. The second-order valence-corrected chi connectivity index (χ2v) is 8.69. The van der Waals surface area contributed by atoms with Crippen LogP contribution in [0.2, 0.25) is 0 Å². The third kappa shape index (κ3) is 3.38. The van der Waals surface area contributed by atoms with Gasteiger partial charge in [0.05, 0.1) is 12.2 Å². The molecule has 3 aliphatic rings. The molecule has 1 N–H and O–H groups in total. The van der Waals surface area contributed by atoms with Crippen molar-refractivity contribution in [3.63, 3.8) is 0 Å². The fraction of sp³-hybridized carbons (Fsp3) is 0.500. The number of nitrogens with zero attached hydrogens (tertiary/aromatic N) is 1. The molecule has 2 aromatic rings. The number of fused-ring (bicyclic) bond motifs is 5. The van der Waals surface area contributed by atoms with Gasteiger partial charge in [0.15, 0.2) is 0 Å². The van der Waals surface area contributed by atoms with E-state index in [2.05, 4.69) is 29.2 Å². The third-order valence-corrected chi connectivity index (χ3v) is 6.79. The summed E-state index contributed by atoms with van der Waals surface area (Å²) in [7, 11) is 0. The molecule has 2 saturated heterocycles. The fourth-order valence-corrected chi connectivity index (χ4v) is 5.47. The first-order chi connectivity index (χ1) is 13.7. The van der Waals surface area contributed by atoms with E-state index in [0.29, 0.717) is 5.92 Å². The predicted molar refractivity (Wildman–Crippen MR) is 107 cm³/mol. The van der Waals surface area contributed by atoms with Gasteiger partial charge in [0.2, 0.25) is 0 Å². The molecule has 0 aromatic heterocycles. The van der Waals surface area contributed by atoms with Crippen LogP contribution in [0.4, 0.5) is 4.39 Å². The number of likely N-dealkylation sites (tertiary alicyclic amines) is 1. The first kappa shape index (κ1) is 18.3. The Hall–Kier alpha value is -1.75. The lowest BCUT2D eigenvalue weighted by Gasteiger charge is -2.33. The van der Waals surface area contributed by atoms with Crippen molar-refractivity contribution in [3.05, 3.63) is 70.5 Å². The van der Waals surface area contributed by atoms with Gasteiger partial charge in [-0.3, -0.25) is 0 Å². The molecular weight excluding hydrogens is 353 g/mol. The zero-order valence-electron chi connectivity index (χ0n) is 16.2. The van der Waals surface area contributed by atoms with Crippen LogP contribution in [0.1, 0.15) is 53.5 Å².